The normalized spacial score (nSPS) is 19.7. The molecule has 6 aromatic rings. The Morgan fingerprint density at radius 3 is 2.06 bits per heavy atom. The van der Waals surface area contributed by atoms with Crippen molar-refractivity contribution in [1.82, 2.24) is 0 Å². The van der Waals surface area contributed by atoms with Crippen molar-refractivity contribution in [2.45, 2.75) is 188 Å². The molecule has 0 bridgehead atoms. The number of fused-ring (bicyclic) bond motifs is 8. The second kappa shape index (κ2) is 16.1. The highest BCUT2D eigenvalue weighted by Gasteiger charge is 2.49. The molecule has 0 saturated carbocycles. The fourth-order valence-electron chi connectivity index (χ4n) is 13.3. The molecule has 0 N–H and O–H groups in total. The summed E-state index contributed by atoms with van der Waals surface area (Å²) in [6, 6.07) is 29.2. The highest BCUT2D eigenvalue weighted by atomic mass is 19.1. The molecular formula is C65H76BFN2O. The van der Waals surface area contributed by atoms with Crippen molar-refractivity contribution in [3.8, 4) is 0 Å². The Morgan fingerprint density at radius 1 is 0.757 bits per heavy atom. The fraction of sp³-hybridized carbons (Fsp3) is 0.446. The average Bonchev–Trinajstić information content (AvgIpc) is 3.69. The van der Waals surface area contributed by atoms with Crippen molar-refractivity contribution in [3.63, 3.8) is 0 Å². The van der Waals surface area contributed by atoms with E-state index in [2.05, 4.69) is 186 Å². The molecule has 0 fully saturated rings. The number of aryl methyl sites for hydroxylation is 1. The third kappa shape index (κ3) is 7.08. The molecule has 1 aromatic heterocycles. The first kappa shape index (κ1) is 47.1. The zero-order chi connectivity index (χ0) is 49.7. The molecule has 362 valence electrons. The topological polar surface area (TPSA) is 19.6 Å². The van der Waals surface area contributed by atoms with Crippen LogP contribution in [-0.2, 0) is 21.7 Å². The smallest absolute Gasteiger partial charge is 0.297 e. The zero-order valence-corrected chi connectivity index (χ0v) is 45.0. The molecule has 11 rings (SSSR count). The van der Waals surface area contributed by atoms with Crippen molar-refractivity contribution in [3.05, 3.63) is 141 Å². The number of rotatable bonds is 7. The van der Waals surface area contributed by atoms with Crippen LogP contribution in [0.3, 0.4) is 0 Å². The third-order valence-corrected chi connectivity index (χ3v) is 18.3. The average molecular weight is 931 g/mol. The summed E-state index contributed by atoms with van der Waals surface area (Å²) in [6.07, 6.45) is 10.7. The first-order valence-electron chi connectivity index (χ1n) is 26.9. The number of hydrogen-bond acceptors (Lipinski definition) is 3. The van der Waals surface area contributed by atoms with Gasteiger partial charge in [-0.3, -0.25) is 0 Å². The second-order valence-electron chi connectivity index (χ2n) is 25.5. The lowest BCUT2D eigenvalue weighted by Gasteiger charge is -2.46. The first-order valence-corrected chi connectivity index (χ1v) is 26.9. The van der Waals surface area contributed by atoms with Gasteiger partial charge in [-0.25, -0.2) is 4.39 Å². The number of nitrogens with zero attached hydrogens (tertiary/aromatic N) is 2. The molecule has 0 spiro atoms. The van der Waals surface area contributed by atoms with E-state index in [1.54, 1.807) is 6.08 Å². The van der Waals surface area contributed by atoms with Gasteiger partial charge < -0.3 is 14.2 Å². The summed E-state index contributed by atoms with van der Waals surface area (Å²) >= 11 is 0. The lowest BCUT2D eigenvalue weighted by atomic mass is 9.35. The molecule has 70 heavy (non-hydrogen) atoms. The van der Waals surface area contributed by atoms with E-state index < -0.39 is 0 Å². The van der Waals surface area contributed by atoms with Crippen LogP contribution < -0.4 is 26.4 Å². The fourth-order valence-corrected chi connectivity index (χ4v) is 13.3. The van der Waals surface area contributed by atoms with Gasteiger partial charge in [0.15, 0.2) is 0 Å². The minimum absolute atomic E-state index is 0.0471. The summed E-state index contributed by atoms with van der Waals surface area (Å²) in [5.41, 5.74) is 23.9. The van der Waals surface area contributed by atoms with Crippen LogP contribution in [0.1, 0.15) is 210 Å². The van der Waals surface area contributed by atoms with Crippen LogP contribution in [-0.4, -0.2) is 6.71 Å². The Balaban J connectivity index is 1.31. The predicted molar refractivity (Wildman–Crippen MR) is 299 cm³/mol. The highest BCUT2D eigenvalue weighted by Crippen LogP contribution is 2.55. The van der Waals surface area contributed by atoms with Crippen molar-refractivity contribution in [2.75, 3.05) is 9.80 Å². The molecule has 0 saturated heterocycles. The van der Waals surface area contributed by atoms with Gasteiger partial charge in [0.25, 0.3) is 6.71 Å². The SMILES string of the molecule is CCC(C)(C)c1cc2c(cc1C(C)C)N(c1cc3c(cc1C1=C(F)C=CCC1)C(C)(C)CCC3(C)C)c1cc(C)cc3c1B2c1oc2cc4c(cc2c1N3c1ccc(C(C)C)cc1)C(C)(C)CCC4C. The summed E-state index contributed by atoms with van der Waals surface area (Å²) in [5.74, 6) is 1.03. The monoisotopic (exact) mass is 931 g/mol. The number of furan rings is 1. The molecule has 3 nitrogen and oxygen atoms in total. The van der Waals surface area contributed by atoms with Gasteiger partial charge in [-0.1, -0.05) is 121 Å². The molecule has 5 heteroatoms. The maximum Gasteiger partial charge on any atom is 0.297 e. The maximum atomic E-state index is 16.8. The van der Waals surface area contributed by atoms with Crippen LogP contribution in [0.2, 0.25) is 0 Å². The quantitative estimate of drug-likeness (QED) is 0.149. The highest BCUT2D eigenvalue weighted by molar-refractivity contribution is 7.00. The van der Waals surface area contributed by atoms with E-state index in [1.807, 2.05) is 6.08 Å². The summed E-state index contributed by atoms with van der Waals surface area (Å²) in [7, 11) is 0. The van der Waals surface area contributed by atoms with E-state index in [9.17, 15) is 0 Å². The van der Waals surface area contributed by atoms with Crippen molar-refractivity contribution in [1.29, 1.82) is 0 Å². The zero-order valence-electron chi connectivity index (χ0n) is 45.0. The summed E-state index contributed by atoms with van der Waals surface area (Å²) in [4.78, 5) is 5.14. The van der Waals surface area contributed by atoms with Gasteiger partial charge in [-0.05, 0) is 213 Å². The summed E-state index contributed by atoms with van der Waals surface area (Å²) in [5, 5.41) is 1.18. The lowest BCUT2D eigenvalue weighted by Crippen LogP contribution is -2.61. The van der Waals surface area contributed by atoms with Crippen molar-refractivity contribution >= 4 is 74.0 Å². The van der Waals surface area contributed by atoms with E-state index in [4.69, 9.17) is 4.42 Å². The van der Waals surface area contributed by atoms with Crippen molar-refractivity contribution < 1.29 is 8.81 Å². The minimum Gasteiger partial charge on any atom is -0.468 e. The van der Waals surface area contributed by atoms with Gasteiger partial charge in [0.05, 0.1) is 17.0 Å². The van der Waals surface area contributed by atoms with E-state index in [0.29, 0.717) is 18.3 Å². The minimum atomic E-state index is -0.189. The maximum absolute atomic E-state index is 16.8. The number of hydrogen-bond donors (Lipinski definition) is 0. The molecule has 3 aliphatic carbocycles. The third-order valence-electron chi connectivity index (χ3n) is 18.3. The molecule has 2 aliphatic heterocycles. The van der Waals surface area contributed by atoms with Crippen molar-refractivity contribution in [2.24, 2.45) is 0 Å². The molecule has 0 amide bonds. The van der Waals surface area contributed by atoms with Gasteiger partial charge in [-0.2, -0.15) is 0 Å². The van der Waals surface area contributed by atoms with Crippen LogP contribution in [0, 0.1) is 6.92 Å². The predicted octanol–water partition coefficient (Wildman–Crippen LogP) is 17.3. The van der Waals surface area contributed by atoms with E-state index in [1.165, 1.54) is 78.6 Å². The van der Waals surface area contributed by atoms with E-state index in [-0.39, 0.29) is 40.1 Å². The molecule has 5 aliphatic rings. The van der Waals surface area contributed by atoms with Crippen LogP contribution in [0.4, 0.5) is 38.5 Å². The largest absolute Gasteiger partial charge is 0.468 e. The van der Waals surface area contributed by atoms with Gasteiger partial charge in [0.1, 0.15) is 11.4 Å². The lowest BCUT2D eigenvalue weighted by molar-refractivity contribution is 0.332. The summed E-state index contributed by atoms with van der Waals surface area (Å²) in [6.45, 7) is 35.4. The van der Waals surface area contributed by atoms with Crippen LogP contribution in [0.15, 0.2) is 95.2 Å². The summed E-state index contributed by atoms with van der Waals surface area (Å²) < 4.78 is 24.4. The van der Waals surface area contributed by atoms with Crippen LogP contribution in [0.25, 0.3) is 16.5 Å². The van der Waals surface area contributed by atoms with Crippen LogP contribution >= 0.6 is 0 Å². The Hall–Kier alpha value is -5.29. The van der Waals surface area contributed by atoms with Gasteiger partial charge in [0, 0.05) is 33.7 Å². The number of halogens is 1. The molecule has 5 aromatic carbocycles. The van der Waals surface area contributed by atoms with Gasteiger partial charge in [0.2, 0.25) is 0 Å². The number of benzene rings is 5. The van der Waals surface area contributed by atoms with E-state index in [0.717, 1.165) is 77.2 Å². The Morgan fingerprint density at radius 2 is 1.41 bits per heavy atom. The second-order valence-corrected chi connectivity index (χ2v) is 25.5. The van der Waals surface area contributed by atoms with Gasteiger partial charge in [-0.15, -0.1) is 0 Å². The molecule has 3 heterocycles. The molecule has 1 unspecified atom stereocenters. The van der Waals surface area contributed by atoms with E-state index >= 15 is 4.39 Å². The number of anilines is 6. The first-order chi connectivity index (χ1) is 33.0. The molecule has 1 atom stereocenters. The molecule has 0 radical (unpaired) electrons. The van der Waals surface area contributed by atoms with Gasteiger partial charge >= 0.3 is 0 Å². The molecular weight excluding hydrogens is 855 g/mol. The Labute approximate surface area is 419 Å². The number of allylic oxidation sites excluding steroid dienone is 4. The Bertz CT molecular complexity index is 3210. The van der Waals surface area contributed by atoms with Crippen LogP contribution in [0.5, 0.6) is 0 Å². The standard InChI is InChI=1S/C65H76BFN2O/c1-16-62(8,9)49-35-52-55(33-44(49)38(4)5)69(54-36-51-50(64(12,13)27-28-65(51,14)15)31-46(54)43-19-17-18-20-53(43)67)57-30-39(6)29-56-59(57)66(52)61-60(68(56)42-23-21-41(22-24-42)37(2)3)47-32-48-45(34-58(47)70-61)40(7)25-26-63(48,10)11/h18,20-24,29-38,40H,16-17,19,25-28H2,1-15H3. The Kier molecular flexibility index (Phi) is 10.8.